The van der Waals surface area contributed by atoms with Gasteiger partial charge in [0.1, 0.15) is 0 Å². The van der Waals surface area contributed by atoms with Gasteiger partial charge in [-0.3, -0.25) is 0 Å². The van der Waals surface area contributed by atoms with Crippen LogP contribution in [0.5, 0.6) is 0 Å². The highest BCUT2D eigenvalue weighted by atomic mass is 14.2. The molecule has 0 radical (unpaired) electrons. The van der Waals surface area contributed by atoms with E-state index in [0.29, 0.717) is 0 Å². The Kier molecular flexibility index (Phi) is 2.14. The van der Waals surface area contributed by atoms with E-state index >= 15 is 0 Å². The number of rotatable bonds is 0. The van der Waals surface area contributed by atoms with Gasteiger partial charge in [-0.1, -0.05) is 70.6 Å². The van der Waals surface area contributed by atoms with Crippen LogP contribution < -0.4 is 10.9 Å². The highest BCUT2D eigenvalue weighted by Gasteiger charge is 2.23. The van der Waals surface area contributed by atoms with Crippen molar-refractivity contribution < 1.29 is 0 Å². The molecule has 4 rings (SSSR count). The molecule has 0 spiro atoms. The Balaban J connectivity index is 2.15. The summed E-state index contributed by atoms with van der Waals surface area (Å²) in [6, 6.07) is 17.9. The van der Waals surface area contributed by atoms with Gasteiger partial charge in [0.25, 0.3) is 0 Å². The third-order valence-corrected chi connectivity index (χ3v) is 4.27. The molecule has 0 N–H and O–H groups in total. The number of hydrogen-bond donors (Lipinski definition) is 0. The third-order valence-electron chi connectivity index (χ3n) is 4.27. The van der Waals surface area contributed by atoms with Crippen LogP contribution in [0.15, 0.2) is 48.5 Å². The minimum atomic E-state index is 1.08. The summed E-state index contributed by atoms with van der Waals surface area (Å²) in [4.78, 5) is 0. The molecule has 0 fully saturated rings. The van der Waals surface area contributed by atoms with Gasteiger partial charge < -0.3 is 0 Å². The summed E-state index contributed by atoms with van der Waals surface area (Å²) in [5.41, 5.74) is 8.68. The Labute approximate surface area is 114 Å². The second kappa shape index (κ2) is 3.74. The molecule has 0 saturated heterocycles. The van der Waals surface area contributed by atoms with Gasteiger partial charge in [-0.25, -0.2) is 0 Å². The van der Waals surface area contributed by atoms with E-state index in [1.165, 1.54) is 44.0 Å². The van der Waals surface area contributed by atoms with Gasteiger partial charge >= 0.3 is 0 Å². The van der Waals surface area contributed by atoms with Crippen molar-refractivity contribution in [1.82, 2.24) is 0 Å². The zero-order valence-corrected chi connectivity index (χ0v) is 11.3. The average Bonchev–Trinajstić information content (AvgIpc) is 2.78. The maximum atomic E-state index is 2.35. The van der Waals surface area contributed by atoms with Crippen LogP contribution in [0.25, 0.3) is 21.9 Å². The van der Waals surface area contributed by atoms with Crippen molar-refractivity contribution in [3.8, 4) is 11.1 Å². The topological polar surface area (TPSA) is 0 Å². The SMILES string of the molecule is Cc1cc(C)c2c(c1)-c1c(ccc3ccccc13)B2. The van der Waals surface area contributed by atoms with Crippen LogP contribution >= 0.6 is 0 Å². The predicted molar refractivity (Wildman–Crippen MR) is 85.3 cm³/mol. The summed E-state index contributed by atoms with van der Waals surface area (Å²) in [7, 11) is 1.08. The molecular formula is C18H15B. The molecule has 1 heterocycles. The summed E-state index contributed by atoms with van der Waals surface area (Å²) in [5.74, 6) is 0. The summed E-state index contributed by atoms with van der Waals surface area (Å²) in [5, 5.41) is 2.73. The molecule has 0 bridgehead atoms. The van der Waals surface area contributed by atoms with Crippen molar-refractivity contribution >= 4 is 29.0 Å². The fourth-order valence-corrected chi connectivity index (χ4v) is 3.43. The van der Waals surface area contributed by atoms with Crippen LogP contribution in [0.2, 0.25) is 0 Å². The molecule has 0 nitrogen and oxygen atoms in total. The molecule has 1 aliphatic heterocycles. The van der Waals surface area contributed by atoms with E-state index in [1.807, 2.05) is 0 Å². The first-order valence-corrected chi connectivity index (χ1v) is 6.85. The van der Waals surface area contributed by atoms with E-state index in [1.54, 1.807) is 0 Å². The van der Waals surface area contributed by atoms with Crippen LogP contribution in [0.1, 0.15) is 11.1 Å². The van der Waals surface area contributed by atoms with Crippen LogP contribution in [0, 0.1) is 13.8 Å². The Bertz CT molecular complexity index is 815. The van der Waals surface area contributed by atoms with Crippen LogP contribution in [0.4, 0.5) is 0 Å². The summed E-state index contributed by atoms with van der Waals surface area (Å²) in [6.07, 6.45) is 0. The van der Waals surface area contributed by atoms with Crippen molar-refractivity contribution in [3.63, 3.8) is 0 Å². The maximum Gasteiger partial charge on any atom is 0.194 e. The van der Waals surface area contributed by atoms with Gasteiger partial charge in [0.15, 0.2) is 7.28 Å². The molecule has 0 aliphatic carbocycles. The first kappa shape index (κ1) is 10.9. The Morgan fingerprint density at radius 3 is 2.63 bits per heavy atom. The van der Waals surface area contributed by atoms with Crippen LogP contribution in [-0.4, -0.2) is 7.28 Å². The fourth-order valence-electron chi connectivity index (χ4n) is 3.43. The maximum absolute atomic E-state index is 2.35. The smallest absolute Gasteiger partial charge is 0.0702 e. The number of benzene rings is 3. The van der Waals surface area contributed by atoms with E-state index < -0.39 is 0 Å². The molecule has 1 heteroatoms. The number of hydrogen-bond acceptors (Lipinski definition) is 0. The molecule has 3 aromatic rings. The lowest BCUT2D eigenvalue weighted by Gasteiger charge is -2.09. The Morgan fingerprint density at radius 2 is 1.74 bits per heavy atom. The van der Waals surface area contributed by atoms with Crippen molar-refractivity contribution in [2.45, 2.75) is 13.8 Å². The van der Waals surface area contributed by atoms with E-state index in [4.69, 9.17) is 0 Å². The Hall–Kier alpha value is -2.02. The van der Waals surface area contributed by atoms with Crippen LogP contribution in [-0.2, 0) is 0 Å². The molecule has 0 saturated carbocycles. The lowest BCUT2D eigenvalue weighted by Crippen LogP contribution is -2.23. The summed E-state index contributed by atoms with van der Waals surface area (Å²) < 4.78 is 0. The second-order valence-electron chi connectivity index (χ2n) is 5.61. The van der Waals surface area contributed by atoms with Gasteiger partial charge in [-0.15, -0.1) is 0 Å². The van der Waals surface area contributed by atoms with Crippen LogP contribution in [0.3, 0.4) is 0 Å². The zero-order chi connectivity index (χ0) is 13.0. The minimum absolute atomic E-state index is 1.08. The Morgan fingerprint density at radius 1 is 0.895 bits per heavy atom. The molecule has 0 aromatic heterocycles. The lowest BCUT2D eigenvalue weighted by molar-refractivity contribution is 1.42. The van der Waals surface area contributed by atoms with E-state index in [0.717, 1.165) is 7.28 Å². The second-order valence-corrected chi connectivity index (χ2v) is 5.61. The summed E-state index contributed by atoms with van der Waals surface area (Å²) in [6.45, 7) is 4.43. The lowest BCUT2D eigenvalue weighted by atomic mass is 9.66. The predicted octanol–water partition coefficient (Wildman–Crippen LogP) is 2.82. The molecule has 90 valence electrons. The monoisotopic (exact) mass is 242 g/mol. The number of fused-ring (bicyclic) bond motifs is 5. The van der Waals surface area contributed by atoms with Crippen molar-refractivity contribution in [3.05, 3.63) is 59.7 Å². The molecule has 0 atom stereocenters. The standard InChI is InChI=1S/C18H15B/c1-11-9-12(2)18-15(10-11)17-14-6-4-3-5-13(14)7-8-16(17)19-18/h3-10,19H,1-2H3. The summed E-state index contributed by atoms with van der Waals surface area (Å²) >= 11 is 0. The van der Waals surface area contributed by atoms with Gasteiger partial charge in [0.2, 0.25) is 0 Å². The van der Waals surface area contributed by atoms with E-state index in [-0.39, 0.29) is 0 Å². The zero-order valence-electron chi connectivity index (χ0n) is 11.3. The largest absolute Gasteiger partial charge is 0.194 e. The minimum Gasteiger partial charge on any atom is -0.0702 e. The van der Waals surface area contributed by atoms with E-state index in [9.17, 15) is 0 Å². The van der Waals surface area contributed by atoms with Gasteiger partial charge in [0, 0.05) is 0 Å². The third kappa shape index (κ3) is 1.48. The molecule has 19 heavy (non-hydrogen) atoms. The molecule has 3 aromatic carbocycles. The van der Waals surface area contributed by atoms with Crippen molar-refractivity contribution in [1.29, 1.82) is 0 Å². The first-order valence-electron chi connectivity index (χ1n) is 6.85. The quantitative estimate of drug-likeness (QED) is 0.416. The van der Waals surface area contributed by atoms with Gasteiger partial charge in [-0.05, 0) is 35.7 Å². The normalized spacial score (nSPS) is 12.1. The first-order chi connectivity index (χ1) is 9.24. The fraction of sp³-hybridized carbons (Fsp3) is 0.111. The molecule has 0 amide bonds. The van der Waals surface area contributed by atoms with Gasteiger partial charge in [0.05, 0.1) is 0 Å². The van der Waals surface area contributed by atoms with Gasteiger partial charge in [-0.2, -0.15) is 0 Å². The molecule has 0 unspecified atom stereocenters. The average molecular weight is 242 g/mol. The highest BCUT2D eigenvalue weighted by Crippen LogP contribution is 2.30. The molecule has 1 aliphatic rings. The van der Waals surface area contributed by atoms with Crippen molar-refractivity contribution in [2.24, 2.45) is 0 Å². The number of aryl methyl sites for hydroxylation is 2. The van der Waals surface area contributed by atoms with Crippen molar-refractivity contribution in [2.75, 3.05) is 0 Å². The highest BCUT2D eigenvalue weighted by molar-refractivity contribution is 6.74. The molecular weight excluding hydrogens is 227 g/mol. The van der Waals surface area contributed by atoms with E-state index in [2.05, 4.69) is 62.4 Å².